The molecule has 1 unspecified atom stereocenters. The molecule has 1 aliphatic heterocycles. The van der Waals surface area contributed by atoms with Crippen LogP contribution in [0.4, 0.5) is 23.2 Å². The van der Waals surface area contributed by atoms with Crippen molar-refractivity contribution in [2.24, 2.45) is 0 Å². The summed E-state index contributed by atoms with van der Waals surface area (Å²) in [4.78, 5) is 12.3. The van der Waals surface area contributed by atoms with Gasteiger partial charge in [-0.2, -0.15) is 13.2 Å². The highest BCUT2D eigenvalue weighted by molar-refractivity contribution is 5.91. The van der Waals surface area contributed by atoms with Crippen LogP contribution in [0.25, 0.3) is 0 Å². The summed E-state index contributed by atoms with van der Waals surface area (Å²) in [6.45, 7) is 2.79. The van der Waals surface area contributed by atoms with E-state index < -0.39 is 29.4 Å². The molecule has 0 aromatic heterocycles. The first-order valence-electron chi connectivity index (χ1n) is 8.74. The summed E-state index contributed by atoms with van der Waals surface area (Å²) in [5.41, 5.74) is 0.790. The van der Waals surface area contributed by atoms with E-state index in [4.69, 9.17) is 0 Å². The molecule has 0 radical (unpaired) electrons. The Morgan fingerprint density at radius 3 is 2.70 bits per heavy atom. The van der Waals surface area contributed by atoms with Gasteiger partial charge in [-0.15, -0.1) is 0 Å². The third-order valence-corrected chi connectivity index (χ3v) is 4.77. The smallest absolute Gasteiger partial charge is 0.324 e. The molecule has 0 saturated carbocycles. The molecule has 0 spiro atoms. The van der Waals surface area contributed by atoms with E-state index in [-0.39, 0.29) is 17.7 Å². The molecule has 7 heteroatoms. The van der Waals surface area contributed by atoms with Crippen LogP contribution in [0.3, 0.4) is 0 Å². The van der Waals surface area contributed by atoms with Crippen molar-refractivity contribution >= 4 is 11.6 Å². The zero-order valence-electron chi connectivity index (χ0n) is 14.8. The number of hydrogen-bond acceptors (Lipinski definition) is 2. The van der Waals surface area contributed by atoms with Gasteiger partial charge in [0.15, 0.2) is 0 Å². The minimum atomic E-state index is -4.49. The number of amides is 1. The van der Waals surface area contributed by atoms with Crippen LogP contribution in [0.5, 0.6) is 0 Å². The largest absolute Gasteiger partial charge is 0.416 e. The minimum absolute atomic E-state index is 0.0529. The molecule has 27 heavy (non-hydrogen) atoms. The normalized spacial score (nSPS) is 15.1. The van der Waals surface area contributed by atoms with Crippen molar-refractivity contribution in [3.05, 3.63) is 64.5 Å². The molecular formula is C20H20F4N2O. The maximum absolute atomic E-state index is 14.6. The van der Waals surface area contributed by atoms with Crippen molar-refractivity contribution in [3.8, 4) is 0 Å². The second kappa shape index (κ2) is 7.68. The molecule has 2 aromatic carbocycles. The highest BCUT2D eigenvalue weighted by atomic mass is 19.4. The number of alkyl halides is 3. The van der Waals surface area contributed by atoms with Crippen molar-refractivity contribution in [2.75, 3.05) is 11.9 Å². The highest BCUT2D eigenvalue weighted by Crippen LogP contribution is 2.36. The first-order chi connectivity index (χ1) is 12.8. The van der Waals surface area contributed by atoms with Crippen molar-refractivity contribution < 1.29 is 22.4 Å². The fraction of sp³-hybridized carbons (Fsp3) is 0.350. The number of hydrogen-bond donors (Lipinski definition) is 2. The number of benzene rings is 2. The molecule has 1 aliphatic rings. The molecule has 144 valence electrons. The van der Waals surface area contributed by atoms with Gasteiger partial charge in [0.25, 0.3) is 0 Å². The first kappa shape index (κ1) is 19.4. The van der Waals surface area contributed by atoms with Gasteiger partial charge >= 0.3 is 6.18 Å². The molecule has 2 N–H and O–H groups in total. The Balaban J connectivity index is 1.74. The first-order valence-corrected chi connectivity index (χ1v) is 8.74. The Kier molecular flexibility index (Phi) is 5.51. The Labute approximate surface area is 154 Å². The highest BCUT2D eigenvalue weighted by Gasteiger charge is 2.34. The van der Waals surface area contributed by atoms with Gasteiger partial charge in [-0.25, -0.2) is 4.39 Å². The van der Waals surface area contributed by atoms with E-state index >= 15 is 0 Å². The average Bonchev–Trinajstić information content (AvgIpc) is 2.63. The lowest BCUT2D eigenvalue weighted by atomic mass is 9.92. The standard InChI is InChI=1S/C20H20F4N2O/c1-12(14-4-2-3-5-16(14)20(22,23)24)10-18(27)26-17-7-6-13-11-25-9-8-15(13)19(17)21/h2-7,12,25H,8-11H2,1H3,(H,26,27). The molecular weight excluding hydrogens is 360 g/mol. The van der Waals surface area contributed by atoms with Crippen LogP contribution in [0.2, 0.25) is 0 Å². The van der Waals surface area contributed by atoms with Crippen LogP contribution in [-0.2, 0) is 23.9 Å². The summed E-state index contributed by atoms with van der Waals surface area (Å²) >= 11 is 0. The number of rotatable bonds is 4. The summed E-state index contributed by atoms with van der Waals surface area (Å²) < 4.78 is 54.1. The zero-order valence-corrected chi connectivity index (χ0v) is 14.8. The third kappa shape index (κ3) is 4.30. The second-order valence-electron chi connectivity index (χ2n) is 6.73. The maximum Gasteiger partial charge on any atom is 0.416 e. The van der Waals surface area contributed by atoms with Gasteiger partial charge in [-0.1, -0.05) is 31.2 Å². The van der Waals surface area contributed by atoms with E-state index in [0.717, 1.165) is 11.6 Å². The Morgan fingerprint density at radius 2 is 1.96 bits per heavy atom. The van der Waals surface area contributed by atoms with Crippen LogP contribution >= 0.6 is 0 Å². The van der Waals surface area contributed by atoms with Crippen LogP contribution in [0.1, 0.15) is 41.5 Å². The summed E-state index contributed by atoms with van der Waals surface area (Å²) in [5, 5.41) is 5.65. The van der Waals surface area contributed by atoms with Crippen molar-refractivity contribution in [1.82, 2.24) is 5.32 Å². The second-order valence-corrected chi connectivity index (χ2v) is 6.73. The van der Waals surface area contributed by atoms with E-state index in [1.165, 1.54) is 24.3 Å². The van der Waals surface area contributed by atoms with Gasteiger partial charge in [0.05, 0.1) is 11.3 Å². The molecule has 0 fully saturated rings. The van der Waals surface area contributed by atoms with Crippen LogP contribution in [0.15, 0.2) is 36.4 Å². The Bertz CT molecular complexity index is 848. The number of halogens is 4. The predicted octanol–water partition coefficient (Wildman–Crippen LogP) is 4.62. The molecule has 1 heterocycles. The molecule has 0 aliphatic carbocycles. The fourth-order valence-electron chi connectivity index (χ4n) is 3.40. The van der Waals surface area contributed by atoms with Gasteiger partial charge in [-0.3, -0.25) is 4.79 Å². The monoisotopic (exact) mass is 380 g/mol. The lowest BCUT2D eigenvalue weighted by molar-refractivity contribution is -0.138. The average molecular weight is 380 g/mol. The van der Waals surface area contributed by atoms with Crippen LogP contribution < -0.4 is 10.6 Å². The molecule has 3 nitrogen and oxygen atoms in total. The molecule has 1 amide bonds. The van der Waals surface area contributed by atoms with Gasteiger partial charge in [0.2, 0.25) is 5.91 Å². The number of anilines is 1. The van der Waals surface area contributed by atoms with Crippen LogP contribution in [0, 0.1) is 5.82 Å². The third-order valence-electron chi connectivity index (χ3n) is 4.77. The Hall–Kier alpha value is -2.41. The summed E-state index contributed by atoms with van der Waals surface area (Å²) in [5.74, 6) is -1.65. The van der Waals surface area contributed by atoms with Crippen molar-refractivity contribution in [3.63, 3.8) is 0 Å². The SMILES string of the molecule is CC(CC(=O)Nc1ccc2c(c1F)CCNC2)c1ccccc1C(F)(F)F. The number of nitrogens with one attached hydrogen (secondary N) is 2. The van der Waals surface area contributed by atoms with E-state index in [0.29, 0.717) is 25.1 Å². The molecule has 0 bridgehead atoms. The van der Waals surface area contributed by atoms with Crippen molar-refractivity contribution in [1.29, 1.82) is 0 Å². The van der Waals surface area contributed by atoms with Gasteiger partial charge in [0.1, 0.15) is 5.82 Å². The lowest BCUT2D eigenvalue weighted by Gasteiger charge is -2.20. The van der Waals surface area contributed by atoms with E-state index in [2.05, 4.69) is 10.6 Å². The fourth-order valence-corrected chi connectivity index (χ4v) is 3.40. The molecule has 3 rings (SSSR count). The topological polar surface area (TPSA) is 41.1 Å². The van der Waals surface area contributed by atoms with E-state index in [1.54, 1.807) is 13.0 Å². The van der Waals surface area contributed by atoms with Gasteiger partial charge in [0, 0.05) is 13.0 Å². The summed E-state index contributed by atoms with van der Waals surface area (Å²) in [6.07, 6.45) is -4.13. The van der Waals surface area contributed by atoms with E-state index in [1.807, 2.05) is 0 Å². The molecule has 0 saturated heterocycles. The Morgan fingerprint density at radius 1 is 1.22 bits per heavy atom. The number of fused-ring (bicyclic) bond motifs is 1. The number of carbonyl (C=O) groups is 1. The van der Waals surface area contributed by atoms with Gasteiger partial charge in [-0.05, 0) is 47.7 Å². The zero-order chi connectivity index (χ0) is 19.6. The summed E-state index contributed by atoms with van der Waals surface area (Å²) in [7, 11) is 0. The quantitative estimate of drug-likeness (QED) is 0.760. The van der Waals surface area contributed by atoms with Crippen molar-refractivity contribution in [2.45, 2.75) is 38.4 Å². The summed E-state index contributed by atoms with van der Waals surface area (Å²) in [6, 6.07) is 8.44. The minimum Gasteiger partial charge on any atom is -0.324 e. The molecule has 1 atom stereocenters. The lowest BCUT2D eigenvalue weighted by Crippen LogP contribution is -2.25. The maximum atomic E-state index is 14.6. The van der Waals surface area contributed by atoms with Gasteiger partial charge < -0.3 is 10.6 Å². The molecule has 2 aromatic rings. The van der Waals surface area contributed by atoms with Crippen LogP contribution in [-0.4, -0.2) is 12.5 Å². The number of carbonyl (C=O) groups excluding carboxylic acids is 1. The van der Waals surface area contributed by atoms with E-state index in [9.17, 15) is 22.4 Å². The predicted molar refractivity (Wildman–Crippen MR) is 94.9 cm³/mol.